The second kappa shape index (κ2) is 7.89. The lowest BCUT2D eigenvalue weighted by molar-refractivity contribution is -0.288. The Morgan fingerprint density at radius 2 is 1.46 bits per heavy atom. The lowest BCUT2D eigenvalue weighted by Crippen LogP contribution is -2.64. The zero-order chi connectivity index (χ0) is 19.2. The van der Waals surface area contributed by atoms with Crippen LogP contribution in [0.1, 0.15) is 0 Å². The summed E-state index contributed by atoms with van der Waals surface area (Å²) in [7, 11) is 1.30. The molecule has 3 rings (SSSR count). The second-order valence-corrected chi connectivity index (χ2v) is 7.10. The van der Waals surface area contributed by atoms with E-state index in [0.717, 1.165) is 0 Å². The molecule has 2 saturated heterocycles. The van der Waals surface area contributed by atoms with Gasteiger partial charge in [-0.05, 0) is 0 Å². The molecule has 0 aromatic rings. The first-order chi connectivity index (χ1) is 12.3. The van der Waals surface area contributed by atoms with Crippen molar-refractivity contribution in [1.29, 1.82) is 0 Å². The smallest absolute Gasteiger partial charge is 0.186 e. The Kier molecular flexibility index (Phi) is 6.16. The highest BCUT2D eigenvalue weighted by atomic mass is 16.7. The minimum absolute atomic E-state index is 0.0313. The van der Waals surface area contributed by atoms with Gasteiger partial charge in [0.2, 0.25) is 0 Å². The van der Waals surface area contributed by atoms with E-state index in [9.17, 15) is 35.7 Å². The van der Waals surface area contributed by atoms with Crippen molar-refractivity contribution in [2.24, 2.45) is 5.92 Å². The van der Waals surface area contributed by atoms with Gasteiger partial charge in [0.15, 0.2) is 6.29 Å². The molecule has 2 aliphatic heterocycles. The summed E-state index contributed by atoms with van der Waals surface area (Å²) in [6.07, 6.45) is -12.7. The predicted molar refractivity (Wildman–Crippen MR) is 82.7 cm³/mol. The van der Waals surface area contributed by atoms with Crippen LogP contribution >= 0.6 is 0 Å². The Morgan fingerprint density at radius 3 is 2.12 bits per heavy atom. The molecule has 12 atom stereocenters. The number of aliphatic hydroxyl groups excluding tert-OH is 7. The largest absolute Gasteiger partial charge is 0.390 e. The van der Waals surface area contributed by atoms with E-state index in [-0.39, 0.29) is 13.2 Å². The van der Waals surface area contributed by atoms with E-state index in [1.807, 2.05) is 0 Å². The van der Waals surface area contributed by atoms with Crippen molar-refractivity contribution in [3.05, 3.63) is 0 Å². The molecule has 0 bridgehead atoms. The summed E-state index contributed by atoms with van der Waals surface area (Å²) >= 11 is 0. The van der Waals surface area contributed by atoms with E-state index in [1.54, 1.807) is 0 Å². The molecule has 0 aromatic heterocycles. The number of fused-ring (bicyclic) bond motifs is 1. The first-order valence-electron chi connectivity index (χ1n) is 8.57. The second-order valence-electron chi connectivity index (χ2n) is 7.10. The highest BCUT2D eigenvalue weighted by Crippen LogP contribution is 2.35. The predicted octanol–water partition coefficient (Wildman–Crippen LogP) is -5.13. The first kappa shape index (κ1) is 20.3. The van der Waals surface area contributed by atoms with Crippen molar-refractivity contribution in [3.8, 4) is 0 Å². The molecule has 26 heavy (non-hydrogen) atoms. The fourth-order valence-corrected chi connectivity index (χ4v) is 3.99. The SMILES string of the molecule is CO[C@@H]1O[C@H](CN[C@@H]2CO[C@@H]3[C@@H](O)[C@H](O)[C@@H](O)[C@H](O)[C@@H]32)[C@@H](O)[C@H](O)[C@H]1O. The summed E-state index contributed by atoms with van der Waals surface area (Å²) in [6, 6.07) is -0.493. The van der Waals surface area contributed by atoms with Gasteiger partial charge in [0.25, 0.3) is 0 Å². The van der Waals surface area contributed by atoms with Crippen molar-refractivity contribution < 1.29 is 50.0 Å². The third-order valence-corrected chi connectivity index (χ3v) is 5.57. The Hall–Kier alpha value is -0.440. The Bertz CT molecular complexity index is 481. The van der Waals surface area contributed by atoms with Gasteiger partial charge in [0, 0.05) is 25.6 Å². The lowest BCUT2D eigenvalue weighted by Gasteiger charge is -2.42. The van der Waals surface area contributed by atoms with Crippen LogP contribution in [0.15, 0.2) is 0 Å². The summed E-state index contributed by atoms with van der Waals surface area (Å²) in [6.45, 7) is 0.133. The van der Waals surface area contributed by atoms with Crippen LogP contribution in [0.5, 0.6) is 0 Å². The number of methoxy groups -OCH3 is 1. The van der Waals surface area contributed by atoms with Crippen LogP contribution in [0.3, 0.4) is 0 Å². The Balaban J connectivity index is 1.63. The summed E-state index contributed by atoms with van der Waals surface area (Å²) in [4.78, 5) is 0. The van der Waals surface area contributed by atoms with Crippen LogP contribution in [0.25, 0.3) is 0 Å². The highest BCUT2D eigenvalue weighted by Gasteiger charge is 2.55. The topological polar surface area (TPSA) is 181 Å². The van der Waals surface area contributed by atoms with Crippen molar-refractivity contribution in [3.63, 3.8) is 0 Å². The van der Waals surface area contributed by atoms with Crippen LogP contribution in [0.4, 0.5) is 0 Å². The molecular weight excluding hydrogens is 354 g/mol. The maximum absolute atomic E-state index is 10.2. The number of ether oxygens (including phenoxy) is 3. The summed E-state index contributed by atoms with van der Waals surface area (Å²) in [5.74, 6) is -0.683. The van der Waals surface area contributed by atoms with Crippen LogP contribution in [0.2, 0.25) is 0 Å². The zero-order valence-corrected chi connectivity index (χ0v) is 14.2. The summed E-state index contributed by atoms with van der Waals surface area (Å²) in [5, 5.41) is 72.7. The van der Waals surface area contributed by atoms with Gasteiger partial charge < -0.3 is 55.3 Å². The van der Waals surface area contributed by atoms with E-state index in [4.69, 9.17) is 14.2 Å². The van der Waals surface area contributed by atoms with Crippen LogP contribution in [0, 0.1) is 5.92 Å². The van der Waals surface area contributed by atoms with Gasteiger partial charge in [-0.1, -0.05) is 0 Å². The molecular formula is C15H27NO10. The van der Waals surface area contributed by atoms with Crippen molar-refractivity contribution in [2.45, 2.75) is 67.3 Å². The zero-order valence-electron chi connectivity index (χ0n) is 14.2. The van der Waals surface area contributed by atoms with Gasteiger partial charge in [0.05, 0.1) is 18.8 Å². The molecule has 2 heterocycles. The minimum Gasteiger partial charge on any atom is -0.390 e. The number of aliphatic hydroxyl groups is 7. The lowest BCUT2D eigenvalue weighted by atomic mass is 9.76. The van der Waals surface area contributed by atoms with E-state index < -0.39 is 73.2 Å². The Morgan fingerprint density at radius 1 is 0.846 bits per heavy atom. The van der Waals surface area contributed by atoms with E-state index >= 15 is 0 Å². The molecule has 1 saturated carbocycles. The average Bonchev–Trinajstić information content (AvgIpc) is 3.06. The van der Waals surface area contributed by atoms with Crippen LogP contribution in [-0.2, 0) is 14.2 Å². The third-order valence-electron chi connectivity index (χ3n) is 5.57. The van der Waals surface area contributed by atoms with Gasteiger partial charge in [-0.25, -0.2) is 0 Å². The molecule has 152 valence electrons. The Labute approximate surface area is 149 Å². The van der Waals surface area contributed by atoms with E-state index in [0.29, 0.717) is 0 Å². The number of hydrogen-bond donors (Lipinski definition) is 8. The molecule has 8 N–H and O–H groups in total. The molecule has 0 spiro atoms. The van der Waals surface area contributed by atoms with Gasteiger partial charge in [-0.3, -0.25) is 0 Å². The quantitative estimate of drug-likeness (QED) is 0.233. The normalized spacial score (nSPS) is 54.9. The van der Waals surface area contributed by atoms with E-state index in [1.165, 1.54) is 7.11 Å². The van der Waals surface area contributed by atoms with Gasteiger partial charge in [-0.2, -0.15) is 0 Å². The van der Waals surface area contributed by atoms with Gasteiger partial charge >= 0.3 is 0 Å². The monoisotopic (exact) mass is 381 g/mol. The molecule has 3 aliphatic rings. The average molecular weight is 381 g/mol. The van der Waals surface area contributed by atoms with Crippen LogP contribution < -0.4 is 5.32 Å². The fraction of sp³-hybridized carbons (Fsp3) is 1.00. The third kappa shape index (κ3) is 3.38. The molecule has 0 unspecified atom stereocenters. The molecule has 0 amide bonds. The van der Waals surface area contributed by atoms with Crippen molar-refractivity contribution in [1.82, 2.24) is 5.32 Å². The maximum atomic E-state index is 10.2. The number of hydrogen-bond acceptors (Lipinski definition) is 11. The molecule has 3 fully saturated rings. The van der Waals surface area contributed by atoms with Gasteiger partial charge in [0.1, 0.15) is 42.7 Å². The molecule has 0 radical (unpaired) electrons. The summed E-state index contributed by atoms with van der Waals surface area (Å²) in [5.41, 5.74) is 0. The minimum atomic E-state index is -1.51. The summed E-state index contributed by atoms with van der Waals surface area (Å²) < 4.78 is 15.8. The fourth-order valence-electron chi connectivity index (χ4n) is 3.99. The number of nitrogens with one attached hydrogen (secondary N) is 1. The van der Waals surface area contributed by atoms with Crippen LogP contribution in [-0.4, -0.2) is 123 Å². The first-order valence-corrected chi connectivity index (χ1v) is 8.57. The number of rotatable bonds is 4. The van der Waals surface area contributed by atoms with Gasteiger partial charge in [-0.15, -0.1) is 0 Å². The van der Waals surface area contributed by atoms with Crippen molar-refractivity contribution >= 4 is 0 Å². The molecule has 0 aromatic carbocycles. The highest BCUT2D eigenvalue weighted by molar-refractivity contribution is 5.06. The molecule has 11 nitrogen and oxygen atoms in total. The molecule has 1 aliphatic carbocycles. The van der Waals surface area contributed by atoms with Crippen molar-refractivity contribution in [2.75, 3.05) is 20.3 Å². The van der Waals surface area contributed by atoms with E-state index in [2.05, 4.69) is 5.32 Å². The maximum Gasteiger partial charge on any atom is 0.186 e. The molecule has 11 heteroatoms. The standard InChI is InChI=1S/C15H27NO10/c1-24-15-13(23)9(19)7(17)5(26-15)2-16-4-3-25-14-6(4)8(18)10(20)11(21)12(14)22/h4-23H,2-3H2,1H3/t4-,5-,6+,7-,8-,9+,10+,11-,12+,13-,14+,15-/m1/s1.